The van der Waals surface area contributed by atoms with Crippen molar-refractivity contribution in [2.45, 2.75) is 0 Å². The summed E-state index contributed by atoms with van der Waals surface area (Å²) in [5, 5.41) is 14.2. The molecule has 7 heteroatoms. The zero-order chi connectivity index (χ0) is 13.9. The van der Waals surface area contributed by atoms with Gasteiger partial charge in [0.15, 0.2) is 6.19 Å². The van der Waals surface area contributed by atoms with Gasteiger partial charge in [0.05, 0.1) is 17.4 Å². The second-order valence-electron chi connectivity index (χ2n) is 4.21. The van der Waals surface area contributed by atoms with Gasteiger partial charge in [0.25, 0.3) is 0 Å². The molecule has 0 unspecified atom stereocenters. The van der Waals surface area contributed by atoms with Crippen molar-refractivity contribution in [3.8, 4) is 6.19 Å². The summed E-state index contributed by atoms with van der Waals surface area (Å²) in [4.78, 5) is 12.3. The molecule has 3 aromatic rings. The van der Waals surface area contributed by atoms with Crippen molar-refractivity contribution in [1.29, 1.82) is 5.26 Å². The van der Waals surface area contributed by atoms with Gasteiger partial charge in [-0.1, -0.05) is 0 Å². The number of rotatable bonds is 3. The van der Waals surface area contributed by atoms with Crippen LogP contribution in [0.15, 0.2) is 36.9 Å². The lowest BCUT2D eigenvalue weighted by Crippen LogP contribution is -1.97. The maximum Gasteiger partial charge on any atom is 0.182 e. The van der Waals surface area contributed by atoms with Crippen molar-refractivity contribution in [2.75, 3.05) is 10.6 Å². The first kappa shape index (κ1) is 11.9. The van der Waals surface area contributed by atoms with Gasteiger partial charge < -0.3 is 9.88 Å². The fourth-order valence-electron chi connectivity index (χ4n) is 1.91. The van der Waals surface area contributed by atoms with E-state index in [9.17, 15) is 0 Å². The van der Waals surface area contributed by atoms with Gasteiger partial charge in [0.2, 0.25) is 0 Å². The number of benzene rings is 1. The summed E-state index contributed by atoms with van der Waals surface area (Å²) in [6.45, 7) is 0. The molecular formula is C13H11N7. The third-order valence-corrected chi connectivity index (χ3v) is 2.85. The number of hydrogen-bond donors (Lipinski definition) is 2. The van der Waals surface area contributed by atoms with Crippen molar-refractivity contribution in [3.63, 3.8) is 0 Å². The van der Waals surface area contributed by atoms with E-state index in [1.807, 2.05) is 36.0 Å². The van der Waals surface area contributed by atoms with Crippen molar-refractivity contribution >= 4 is 28.4 Å². The first-order valence-electron chi connectivity index (χ1n) is 5.91. The molecule has 0 aliphatic rings. The highest BCUT2D eigenvalue weighted by molar-refractivity contribution is 5.80. The number of imidazole rings is 1. The second kappa shape index (κ2) is 4.85. The number of aromatic nitrogens is 4. The molecule has 0 saturated heterocycles. The lowest BCUT2D eigenvalue weighted by Gasteiger charge is -2.06. The van der Waals surface area contributed by atoms with Crippen LogP contribution in [0, 0.1) is 11.5 Å². The van der Waals surface area contributed by atoms with Crippen LogP contribution in [0.2, 0.25) is 0 Å². The predicted molar refractivity (Wildman–Crippen MR) is 75.3 cm³/mol. The Balaban J connectivity index is 1.89. The van der Waals surface area contributed by atoms with Gasteiger partial charge in [-0.25, -0.2) is 15.0 Å². The van der Waals surface area contributed by atoms with E-state index in [4.69, 9.17) is 5.26 Å². The molecule has 0 spiro atoms. The molecule has 0 radical (unpaired) electrons. The van der Waals surface area contributed by atoms with Crippen LogP contribution in [-0.2, 0) is 7.05 Å². The Labute approximate surface area is 114 Å². The molecule has 2 aromatic heterocycles. The molecule has 0 bridgehead atoms. The molecule has 0 amide bonds. The number of anilines is 3. The Hall–Kier alpha value is -3.14. The molecule has 0 aliphatic heterocycles. The third-order valence-electron chi connectivity index (χ3n) is 2.85. The highest BCUT2D eigenvalue weighted by atomic mass is 15.1. The van der Waals surface area contributed by atoms with Crippen LogP contribution >= 0.6 is 0 Å². The number of nitrogens with one attached hydrogen (secondary N) is 2. The average molecular weight is 265 g/mol. The molecular weight excluding hydrogens is 254 g/mol. The van der Waals surface area contributed by atoms with Gasteiger partial charge in [-0.3, -0.25) is 5.32 Å². The van der Waals surface area contributed by atoms with E-state index in [0.717, 1.165) is 16.7 Å². The van der Waals surface area contributed by atoms with Crippen LogP contribution in [0.4, 0.5) is 17.3 Å². The number of nitrogens with zero attached hydrogens (tertiary/aromatic N) is 5. The molecule has 98 valence electrons. The van der Waals surface area contributed by atoms with Crippen LogP contribution in [0.5, 0.6) is 0 Å². The Morgan fingerprint density at radius 2 is 2.00 bits per heavy atom. The molecule has 7 nitrogen and oxygen atoms in total. The third kappa shape index (κ3) is 2.22. The van der Waals surface area contributed by atoms with E-state index in [2.05, 4.69) is 25.6 Å². The van der Waals surface area contributed by atoms with Gasteiger partial charge in [-0.2, -0.15) is 5.26 Å². The smallest absolute Gasteiger partial charge is 0.182 e. The van der Waals surface area contributed by atoms with Crippen LogP contribution in [-0.4, -0.2) is 19.5 Å². The summed E-state index contributed by atoms with van der Waals surface area (Å²) in [6.07, 6.45) is 4.98. The molecule has 0 saturated carbocycles. The highest BCUT2D eigenvalue weighted by Crippen LogP contribution is 2.20. The topological polar surface area (TPSA) is 91.5 Å². The molecule has 3 rings (SSSR count). The zero-order valence-electron chi connectivity index (χ0n) is 10.7. The summed E-state index contributed by atoms with van der Waals surface area (Å²) in [5.41, 5.74) is 2.84. The van der Waals surface area contributed by atoms with E-state index in [1.165, 1.54) is 6.33 Å². The Morgan fingerprint density at radius 3 is 2.85 bits per heavy atom. The number of nitriles is 1. The molecule has 0 atom stereocenters. The monoisotopic (exact) mass is 265 g/mol. The number of hydrogen-bond acceptors (Lipinski definition) is 6. The number of fused-ring (bicyclic) bond motifs is 1. The van der Waals surface area contributed by atoms with Crippen LogP contribution in [0.25, 0.3) is 11.0 Å². The zero-order valence-corrected chi connectivity index (χ0v) is 10.7. The fourth-order valence-corrected chi connectivity index (χ4v) is 1.91. The minimum absolute atomic E-state index is 0.448. The van der Waals surface area contributed by atoms with Gasteiger partial charge in [0.1, 0.15) is 18.0 Å². The lowest BCUT2D eigenvalue weighted by atomic mass is 10.2. The van der Waals surface area contributed by atoms with E-state index in [0.29, 0.717) is 11.6 Å². The standard InChI is InChI=1S/C13H11N7/c1-20-8-18-10-4-9(2-3-11(10)20)19-13-5-12(15-6-14)16-7-17-13/h2-5,7-8H,1H3,(H2,15,16,17,19). The van der Waals surface area contributed by atoms with Crippen LogP contribution in [0.1, 0.15) is 0 Å². The normalized spacial score (nSPS) is 10.2. The highest BCUT2D eigenvalue weighted by Gasteiger charge is 2.03. The molecule has 0 fully saturated rings. The Kier molecular flexibility index (Phi) is 2.89. The van der Waals surface area contributed by atoms with Crippen molar-refractivity contribution in [2.24, 2.45) is 7.05 Å². The van der Waals surface area contributed by atoms with Crippen LogP contribution < -0.4 is 10.6 Å². The predicted octanol–water partition coefficient (Wildman–Crippen LogP) is 2.00. The maximum atomic E-state index is 8.57. The van der Waals surface area contributed by atoms with Gasteiger partial charge >= 0.3 is 0 Å². The SMILES string of the molecule is Cn1cnc2cc(Nc3cc(NC#N)ncn3)ccc21. The van der Waals surface area contributed by atoms with E-state index < -0.39 is 0 Å². The van der Waals surface area contributed by atoms with E-state index in [-0.39, 0.29) is 0 Å². The minimum Gasteiger partial charge on any atom is -0.340 e. The summed E-state index contributed by atoms with van der Waals surface area (Å²) in [6, 6.07) is 7.53. The Morgan fingerprint density at radius 1 is 1.15 bits per heavy atom. The van der Waals surface area contributed by atoms with Crippen molar-refractivity contribution < 1.29 is 0 Å². The molecule has 1 aromatic carbocycles. The van der Waals surface area contributed by atoms with E-state index in [1.54, 1.807) is 12.4 Å². The second-order valence-corrected chi connectivity index (χ2v) is 4.21. The summed E-state index contributed by atoms with van der Waals surface area (Å²) < 4.78 is 1.96. The largest absolute Gasteiger partial charge is 0.340 e. The molecule has 2 N–H and O–H groups in total. The number of aryl methyl sites for hydroxylation is 1. The summed E-state index contributed by atoms with van der Waals surface area (Å²) >= 11 is 0. The average Bonchev–Trinajstić information content (AvgIpc) is 2.81. The van der Waals surface area contributed by atoms with Gasteiger partial charge in [-0.15, -0.1) is 0 Å². The summed E-state index contributed by atoms with van der Waals surface area (Å²) in [5.74, 6) is 1.05. The molecule has 0 aliphatic carbocycles. The first-order chi connectivity index (χ1) is 9.76. The first-order valence-corrected chi connectivity index (χ1v) is 5.91. The Bertz CT molecular complexity index is 800. The lowest BCUT2D eigenvalue weighted by molar-refractivity contribution is 0.948. The van der Waals surface area contributed by atoms with Crippen LogP contribution in [0.3, 0.4) is 0 Å². The summed E-state index contributed by atoms with van der Waals surface area (Å²) in [7, 11) is 1.95. The quantitative estimate of drug-likeness (QED) is 0.556. The minimum atomic E-state index is 0.448. The maximum absolute atomic E-state index is 8.57. The van der Waals surface area contributed by atoms with E-state index >= 15 is 0 Å². The molecule has 2 heterocycles. The van der Waals surface area contributed by atoms with Gasteiger partial charge in [0, 0.05) is 18.8 Å². The fraction of sp³-hybridized carbons (Fsp3) is 0.0769. The molecule has 20 heavy (non-hydrogen) atoms. The van der Waals surface area contributed by atoms with Crippen molar-refractivity contribution in [3.05, 3.63) is 36.9 Å². The van der Waals surface area contributed by atoms with Crippen molar-refractivity contribution in [1.82, 2.24) is 19.5 Å². The van der Waals surface area contributed by atoms with Gasteiger partial charge in [-0.05, 0) is 18.2 Å².